The fourth-order valence-corrected chi connectivity index (χ4v) is 1.42. The van der Waals surface area contributed by atoms with Crippen LogP contribution in [-0.2, 0) is 19.1 Å². The molecule has 1 aliphatic rings. The summed E-state index contributed by atoms with van der Waals surface area (Å²) in [5, 5.41) is 0. The van der Waals surface area contributed by atoms with Gasteiger partial charge in [-0.1, -0.05) is 18.7 Å². The van der Waals surface area contributed by atoms with Crippen molar-refractivity contribution >= 4 is 17.5 Å². The minimum absolute atomic E-state index is 0.0900. The molecule has 4 nitrogen and oxygen atoms in total. The van der Waals surface area contributed by atoms with Gasteiger partial charge in [-0.15, -0.1) is 0 Å². The Morgan fingerprint density at radius 1 is 1.53 bits per heavy atom. The summed E-state index contributed by atoms with van der Waals surface area (Å²) >= 11 is 0. The summed E-state index contributed by atoms with van der Waals surface area (Å²) in [5.41, 5.74) is 0.492. The largest absolute Gasteiger partial charge is 0.455 e. The maximum Gasteiger partial charge on any atom is 0.330 e. The van der Waals surface area contributed by atoms with Crippen molar-refractivity contribution in [1.29, 1.82) is 0 Å². The number of esters is 1. The molecular formula is C13H14O4. The number of carbonyl (C=O) groups is 3. The molecule has 0 aromatic rings. The molecule has 1 rings (SSSR count). The molecule has 0 aromatic carbocycles. The van der Waals surface area contributed by atoms with Crippen LogP contribution in [0.25, 0.3) is 0 Å². The number of hydrogen-bond acceptors (Lipinski definition) is 4. The molecule has 1 atom stereocenters. The topological polar surface area (TPSA) is 60.4 Å². The van der Waals surface area contributed by atoms with Crippen molar-refractivity contribution in [2.24, 2.45) is 0 Å². The van der Waals surface area contributed by atoms with E-state index < -0.39 is 5.97 Å². The molecule has 0 saturated carbocycles. The average Bonchev–Trinajstić information content (AvgIpc) is 2.28. The van der Waals surface area contributed by atoms with Gasteiger partial charge in [-0.05, 0) is 13.0 Å². The van der Waals surface area contributed by atoms with E-state index in [4.69, 9.17) is 4.74 Å². The lowest BCUT2D eigenvalue weighted by Gasteiger charge is -2.15. The Kier molecular flexibility index (Phi) is 4.57. The number of ether oxygens (including phenoxy) is 1. The maximum absolute atomic E-state index is 11.5. The highest BCUT2D eigenvalue weighted by molar-refractivity contribution is 6.08. The SMILES string of the molecule is C=CC(=O)OC1C=CC(C(=O)CC(C)=O)=CC1. The van der Waals surface area contributed by atoms with Crippen LogP contribution >= 0.6 is 0 Å². The van der Waals surface area contributed by atoms with Crippen molar-refractivity contribution in [2.75, 3.05) is 0 Å². The molecule has 90 valence electrons. The molecule has 0 aliphatic heterocycles. The number of hydrogen-bond donors (Lipinski definition) is 0. The Bertz CT molecular complexity index is 415. The van der Waals surface area contributed by atoms with E-state index in [1.165, 1.54) is 6.92 Å². The molecule has 0 saturated heterocycles. The van der Waals surface area contributed by atoms with E-state index in [9.17, 15) is 14.4 Å². The summed E-state index contributed by atoms with van der Waals surface area (Å²) in [6.07, 6.45) is 5.96. The molecular weight excluding hydrogens is 220 g/mol. The minimum Gasteiger partial charge on any atom is -0.455 e. The van der Waals surface area contributed by atoms with E-state index in [2.05, 4.69) is 6.58 Å². The third kappa shape index (κ3) is 4.18. The third-order valence-electron chi connectivity index (χ3n) is 2.23. The second kappa shape index (κ2) is 5.94. The first-order valence-electron chi connectivity index (χ1n) is 5.27. The molecule has 0 heterocycles. The van der Waals surface area contributed by atoms with E-state index in [0.717, 1.165) is 6.08 Å². The molecule has 4 heteroatoms. The highest BCUT2D eigenvalue weighted by Gasteiger charge is 2.16. The van der Waals surface area contributed by atoms with Crippen LogP contribution in [0.3, 0.4) is 0 Å². The van der Waals surface area contributed by atoms with Crippen LogP contribution in [0.2, 0.25) is 0 Å². The number of Topliss-reactive ketones (excluding diaryl/α,β-unsaturated/α-hetero) is 2. The van der Waals surface area contributed by atoms with Crippen molar-refractivity contribution in [3.05, 3.63) is 36.5 Å². The minimum atomic E-state index is -0.494. The molecule has 0 amide bonds. The van der Waals surface area contributed by atoms with Crippen molar-refractivity contribution in [2.45, 2.75) is 25.9 Å². The van der Waals surface area contributed by atoms with Gasteiger partial charge in [-0.25, -0.2) is 4.79 Å². The van der Waals surface area contributed by atoms with E-state index in [1.807, 2.05) is 0 Å². The molecule has 17 heavy (non-hydrogen) atoms. The van der Waals surface area contributed by atoms with Gasteiger partial charge in [0.1, 0.15) is 11.9 Å². The summed E-state index contributed by atoms with van der Waals surface area (Å²) in [6, 6.07) is 0. The number of rotatable bonds is 5. The van der Waals surface area contributed by atoms with Crippen LogP contribution in [0.1, 0.15) is 19.8 Å². The monoisotopic (exact) mass is 234 g/mol. The third-order valence-corrected chi connectivity index (χ3v) is 2.23. The summed E-state index contributed by atoms with van der Waals surface area (Å²) in [5.74, 6) is -0.863. The van der Waals surface area contributed by atoms with Gasteiger partial charge < -0.3 is 4.74 Å². The van der Waals surface area contributed by atoms with E-state index in [-0.39, 0.29) is 24.1 Å². The highest BCUT2D eigenvalue weighted by atomic mass is 16.5. The lowest BCUT2D eigenvalue weighted by atomic mass is 9.99. The molecule has 0 N–H and O–H groups in total. The summed E-state index contributed by atoms with van der Waals surface area (Å²) in [7, 11) is 0. The van der Waals surface area contributed by atoms with Crippen LogP contribution in [0, 0.1) is 0 Å². The quantitative estimate of drug-likeness (QED) is 0.411. The zero-order valence-corrected chi connectivity index (χ0v) is 9.64. The lowest BCUT2D eigenvalue weighted by molar-refractivity contribution is -0.140. The number of carbonyl (C=O) groups excluding carboxylic acids is 3. The zero-order valence-electron chi connectivity index (χ0n) is 9.64. The predicted molar refractivity (Wildman–Crippen MR) is 62.2 cm³/mol. The van der Waals surface area contributed by atoms with E-state index in [1.54, 1.807) is 18.2 Å². The Morgan fingerprint density at radius 3 is 2.71 bits per heavy atom. The zero-order chi connectivity index (χ0) is 12.8. The Labute approximate surface area is 99.6 Å². The second-order valence-electron chi connectivity index (χ2n) is 3.74. The Balaban J connectivity index is 2.53. The van der Waals surface area contributed by atoms with E-state index >= 15 is 0 Å². The van der Waals surface area contributed by atoms with Gasteiger partial charge in [-0.2, -0.15) is 0 Å². The maximum atomic E-state index is 11.5. The van der Waals surface area contributed by atoms with E-state index in [0.29, 0.717) is 12.0 Å². The molecule has 1 aliphatic carbocycles. The van der Waals surface area contributed by atoms with Crippen molar-refractivity contribution in [1.82, 2.24) is 0 Å². The first-order chi connectivity index (χ1) is 8.02. The van der Waals surface area contributed by atoms with Gasteiger partial charge in [0, 0.05) is 18.1 Å². The summed E-state index contributed by atoms with van der Waals surface area (Å²) in [4.78, 5) is 33.3. The van der Waals surface area contributed by atoms with Crippen LogP contribution < -0.4 is 0 Å². The predicted octanol–water partition coefficient (Wildman–Crippen LogP) is 1.52. The van der Waals surface area contributed by atoms with Gasteiger partial charge in [0.2, 0.25) is 0 Å². The summed E-state index contributed by atoms with van der Waals surface area (Å²) < 4.78 is 4.98. The fraction of sp³-hybridized carbons (Fsp3) is 0.308. The number of ketones is 2. The van der Waals surface area contributed by atoms with Crippen LogP contribution in [0.5, 0.6) is 0 Å². The van der Waals surface area contributed by atoms with Crippen molar-refractivity contribution in [3.63, 3.8) is 0 Å². The molecule has 0 aromatic heterocycles. The molecule has 0 bridgehead atoms. The van der Waals surface area contributed by atoms with Crippen LogP contribution in [0.4, 0.5) is 0 Å². The first-order valence-corrected chi connectivity index (χ1v) is 5.27. The molecule has 0 spiro atoms. The van der Waals surface area contributed by atoms with Gasteiger partial charge in [0.15, 0.2) is 5.78 Å². The second-order valence-corrected chi connectivity index (χ2v) is 3.74. The Hall–Kier alpha value is -1.97. The van der Waals surface area contributed by atoms with Crippen LogP contribution in [-0.4, -0.2) is 23.6 Å². The Morgan fingerprint density at radius 2 is 2.24 bits per heavy atom. The summed E-state index contributed by atoms with van der Waals surface area (Å²) in [6.45, 7) is 4.67. The number of allylic oxidation sites excluding steroid dienone is 2. The van der Waals surface area contributed by atoms with Crippen LogP contribution in [0.15, 0.2) is 36.5 Å². The first kappa shape index (κ1) is 13.1. The molecule has 0 fully saturated rings. The lowest BCUT2D eigenvalue weighted by Crippen LogP contribution is -2.17. The van der Waals surface area contributed by atoms with Crippen molar-refractivity contribution in [3.8, 4) is 0 Å². The van der Waals surface area contributed by atoms with Gasteiger partial charge in [0.05, 0.1) is 6.42 Å². The standard InChI is InChI=1S/C13H14O4/c1-3-13(16)17-11-6-4-10(5-7-11)12(15)8-9(2)14/h3-6,11H,1,7-8H2,2H3. The fourth-order valence-electron chi connectivity index (χ4n) is 1.42. The van der Waals surface area contributed by atoms with Gasteiger partial charge in [-0.3, -0.25) is 9.59 Å². The average molecular weight is 234 g/mol. The van der Waals surface area contributed by atoms with Gasteiger partial charge >= 0.3 is 5.97 Å². The molecule has 1 unspecified atom stereocenters. The van der Waals surface area contributed by atoms with Crippen molar-refractivity contribution < 1.29 is 19.1 Å². The van der Waals surface area contributed by atoms with Gasteiger partial charge in [0.25, 0.3) is 0 Å². The normalized spacial score (nSPS) is 18.2. The highest BCUT2D eigenvalue weighted by Crippen LogP contribution is 2.15. The smallest absolute Gasteiger partial charge is 0.330 e. The molecule has 0 radical (unpaired) electrons.